The smallest absolute Gasteiger partial charge is 0.314 e. The van der Waals surface area contributed by atoms with Crippen LogP contribution in [0.15, 0.2) is 24.3 Å². The lowest BCUT2D eigenvalue weighted by Gasteiger charge is -2.06. The molecule has 1 heterocycles. The monoisotopic (exact) mass is 222 g/mol. The quantitative estimate of drug-likeness (QED) is 0.750. The van der Waals surface area contributed by atoms with Crippen molar-refractivity contribution >= 4 is 5.97 Å². The van der Waals surface area contributed by atoms with Crippen LogP contribution in [0.4, 0.5) is 0 Å². The molecular weight excluding hydrogens is 206 g/mol. The van der Waals surface area contributed by atoms with E-state index in [0.717, 1.165) is 17.7 Å². The summed E-state index contributed by atoms with van der Waals surface area (Å²) in [5.74, 6) is 0.514. The van der Waals surface area contributed by atoms with Crippen molar-refractivity contribution in [2.75, 3.05) is 13.7 Å². The second-order valence-electron chi connectivity index (χ2n) is 3.91. The predicted molar refractivity (Wildman–Crippen MR) is 58.0 cm³/mol. The van der Waals surface area contributed by atoms with E-state index in [4.69, 9.17) is 9.47 Å². The van der Waals surface area contributed by atoms with E-state index in [2.05, 4.69) is 5.73 Å². The van der Waals surface area contributed by atoms with Gasteiger partial charge in [0.25, 0.3) is 0 Å². The van der Waals surface area contributed by atoms with Gasteiger partial charge in [0.15, 0.2) is 6.10 Å². The lowest BCUT2D eigenvalue weighted by molar-refractivity contribution is -0.382. The molecule has 4 nitrogen and oxygen atoms in total. The normalized spacial score (nSPS) is 24.2. The summed E-state index contributed by atoms with van der Waals surface area (Å²) in [6, 6.07) is 7.55. The maximum Gasteiger partial charge on any atom is 0.314 e. The van der Waals surface area contributed by atoms with E-state index in [1.54, 1.807) is 7.11 Å². The molecule has 1 fully saturated rings. The Bertz CT molecular complexity index is 374. The zero-order valence-corrected chi connectivity index (χ0v) is 9.31. The number of hydrogen-bond acceptors (Lipinski definition) is 3. The number of quaternary nitrogens is 1. The molecule has 3 N–H and O–H groups in total. The second-order valence-corrected chi connectivity index (χ2v) is 3.91. The van der Waals surface area contributed by atoms with Crippen molar-refractivity contribution in [3.63, 3.8) is 0 Å². The molecule has 2 atom stereocenters. The van der Waals surface area contributed by atoms with E-state index < -0.39 is 0 Å². The number of rotatable bonds is 3. The van der Waals surface area contributed by atoms with E-state index in [1.807, 2.05) is 24.3 Å². The molecule has 86 valence electrons. The second kappa shape index (κ2) is 4.53. The molecule has 1 aromatic carbocycles. The molecule has 1 saturated heterocycles. The third-order valence-electron chi connectivity index (χ3n) is 2.91. The van der Waals surface area contributed by atoms with Gasteiger partial charge in [-0.2, -0.15) is 0 Å². The molecule has 0 aliphatic carbocycles. The first-order chi connectivity index (χ1) is 7.74. The molecule has 0 spiro atoms. The van der Waals surface area contributed by atoms with E-state index in [-0.39, 0.29) is 18.0 Å². The van der Waals surface area contributed by atoms with E-state index in [1.165, 1.54) is 0 Å². The summed E-state index contributed by atoms with van der Waals surface area (Å²) >= 11 is 0. The highest BCUT2D eigenvalue weighted by Crippen LogP contribution is 2.30. The molecule has 0 radical (unpaired) electrons. The van der Waals surface area contributed by atoms with Crippen LogP contribution in [0.25, 0.3) is 0 Å². The number of cyclic esters (lactones) is 1. The van der Waals surface area contributed by atoms with Crippen LogP contribution in [-0.2, 0) is 9.53 Å². The van der Waals surface area contributed by atoms with Crippen LogP contribution in [0, 0.1) is 0 Å². The van der Waals surface area contributed by atoms with Crippen molar-refractivity contribution in [1.82, 2.24) is 0 Å². The molecule has 2 rings (SSSR count). The minimum atomic E-state index is -0.141. The Balaban J connectivity index is 2.15. The Kier molecular flexibility index (Phi) is 3.10. The van der Waals surface area contributed by atoms with Gasteiger partial charge in [-0.1, -0.05) is 12.1 Å². The van der Waals surface area contributed by atoms with Crippen LogP contribution in [0.5, 0.6) is 5.75 Å². The van der Waals surface area contributed by atoms with E-state index in [0.29, 0.717) is 6.54 Å². The minimum absolute atomic E-state index is 0.0281. The Morgan fingerprint density at radius 2 is 2.12 bits per heavy atom. The van der Waals surface area contributed by atoms with Crippen LogP contribution < -0.4 is 10.5 Å². The molecule has 0 saturated carbocycles. The van der Waals surface area contributed by atoms with Gasteiger partial charge < -0.3 is 15.2 Å². The van der Waals surface area contributed by atoms with Crippen LogP contribution >= 0.6 is 0 Å². The number of benzene rings is 1. The van der Waals surface area contributed by atoms with Crippen LogP contribution in [0.2, 0.25) is 0 Å². The van der Waals surface area contributed by atoms with Gasteiger partial charge >= 0.3 is 5.97 Å². The van der Waals surface area contributed by atoms with Gasteiger partial charge in [-0.25, -0.2) is 0 Å². The van der Waals surface area contributed by atoms with E-state index >= 15 is 0 Å². The largest absolute Gasteiger partial charge is 0.497 e. The Morgan fingerprint density at radius 1 is 1.44 bits per heavy atom. The molecule has 4 heteroatoms. The standard InChI is InChI=1S/C12H15NO3/c1-15-9-4-2-8(3-5-9)11-6-10(7-13)16-12(11)14/h2-5,10-11H,6-7,13H2,1H3/p+1/t10-,11-/m0/s1. The number of carbonyl (C=O) groups excluding carboxylic acids is 1. The molecule has 1 aromatic rings. The number of methoxy groups -OCH3 is 1. The molecule has 0 amide bonds. The summed E-state index contributed by atoms with van der Waals surface area (Å²) < 4.78 is 10.3. The molecule has 0 bridgehead atoms. The van der Waals surface area contributed by atoms with Crippen molar-refractivity contribution in [3.8, 4) is 5.75 Å². The zero-order chi connectivity index (χ0) is 11.5. The number of esters is 1. The van der Waals surface area contributed by atoms with Crippen LogP contribution in [0.1, 0.15) is 17.9 Å². The minimum Gasteiger partial charge on any atom is -0.497 e. The molecule has 16 heavy (non-hydrogen) atoms. The lowest BCUT2D eigenvalue weighted by Crippen LogP contribution is -2.55. The van der Waals surface area contributed by atoms with Crippen molar-refractivity contribution < 1.29 is 20.0 Å². The van der Waals surface area contributed by atoms with Gasteiger partial charge in [-0.3, -0.25) is 4.79 Å². The average Bonchev–Trinajstić information content (AvgIpc) is 2.71. The highest BCUT2D eigenvalue weighted by atomic mass is 16.6. The van der Waals surface area contributed by atoms with Crippen molar-refractivity contribution in [2.24, 2.45) is 0 Å². The van der Waals surface area contributed by atoms with Crippen LogP contribution in [0.3, 0.4) is 0 Å². The highest BCUT2D eigenvalue weighted by Gasteiger charge is 2.35. The summed E-state index contributed by atoms with van der Waals surface area (Å²) in [6.07, 6.45) is 0.703. The van der Waals surface area contributed by atoms with Crippen molar-refractivity contribution in [3.05, 3.63) is 29.8 Å². The van der Waals surface area contributed by atoms with Crippen molar-refractivity contribution in [2.45, 2.75) is 18.4 Å². The fraction of sp³-hybridized carbons (Fsp3) is 0.417. The lowest BCUT2D eigenvalue weighted by atomic mass is 9.96. The SMILES string of the molecule is COc1ccc([C@@H]2C[C@@H](C[NH3+])OC2=O)cc1. The average molecular weight is 222 g/mol. The summed E-state index contributed by atoms with van der Waals surface area (Å²) in [5.41, 5.74) is 4.75. The van der Waals surface area contributed by atoms with Gasteiger partial charge in [0, 0.05) is 6.42 Å². The molecule has 0 aromatic heterocycles. The number of carbonyl (C=O) groups is 1. The highest BCUT2D eigenvalue weighted by molar-refractivity contribution is 5.80. The van der Waals surface area contributed by atoms with Gasteiger partial charge in [0.05, 0.1) is 13.0 Å². The molecule has 0 unspecified atom stereocenters. The molecular formula is C12H16NO3+. The first kappa shape index (κ1) is 11.0. The first-order valence-corrected chi connectivity index (χ1v) is 5.38. The van der Waals surface area contributed by atoms with Gasteiger partial charge in [-0.15, -0.1) is 0 Å². The number of hydrogen-bond donors (Lipinski definition) is 1. The fourth-order valence-electron chi connectivity index (χ4n) is 1.94. The predicted octanol–water partition coefficient (Wildman–Crippen LogP) is 0.336. The maximum atomic E-state index is 11.6. The summed E-state index contributed by atoms with van der Waals surface area (Å²) in [4.78, 5) is 11.6. The Morgan fingerprint density at radius 3 is 2.62 bits per heavy atom. The van der Waals surface area contributed by atoms with Gasteiger partial charge in [0.1, 0.15) is 12.3 Å². The maximum absolute atomic E-state index is 11.6. The summed E-state index contributed by atoms with van der Waals surface area (Å²) in [7, 11) is 1.62. The molecule has 1 aliphatic rings. The summed E-state index contributed by atoms with van der Waals surface area (Å²) in [5, 5.41) is 0. The third-order valence-corrected chi connectivity index (χ3v) is 2.91. The van der Waals surface area contributed by atoms with Gasteiger partial charge in [-0.05, 0) is 17.7 Å². The fourth-order valence-corrected chi connectivity index (χ4v) is 1.94. The first-order valence-electron chi connectivity index (χ1n) is 5.38. The summed E-state index contributed by atoms with van der Waals surface area (Å²) in [6.45, 7) is 0.637. The topological polar surface area (TPSA) is 63.2 Å². The van der Waals surface area contributed by atoms with Crippen LogP contribution in [-0.4, -0.2) is 25.7 Å². The Labute approximate surface area is 94.3 Å². The van der Waals surface area contributed by atoms with E-state index in [9.17, 15) is 4.79 Å². The van der Waals surface area contributed by atoms with Crippen molar-refractivity contribution in [1.29, 1.82) is 0 Å². The Hall–Kier alpha value is -1.55. The molecule has 1 aliphatic heterocycles. The third kappa shape index (κ3) is 2.02. The number of ether oxygens (including phenoxy) is 2. The van der Waals surface area contributed by atoms with Gasteiger partial charge in [0.2, 0.25) is 0 Å². The zero-order valence-electron chi connectivity index (χ0n) is 9.31.